The quantitative estimate of drug-likeness (QED) is 0.356. The van der Waals surface area contributed by atoms with Gasteiger partial charge in [-0.25, -0.2) is 0 Å². The Balaban J connectivity index is 0.000000360. The van der Waals surface area contributed by atoms with Crippen LogP contribution in [0, 0.1) is 0 Å². The van der Waals surface area contributed by atoms with Crippen LogP contribution in [-0.2, 0) is 12.3 Å². The highest BCUT2D eigenvalue weighted by Crippen LogP contribution is 1.78. The smallest absolute Gasteiger partial charge is 0.286 e. The predicted octanol–water partition coefficient (Wildman–Crippen LogP) is -2.80. The van der Waals surface area contributed by atoms with Gasteiger partial charge in [0.1, 0.15) is 0 Å². The Morgan fingerprint density at radius 1 is 0.714 bits per heavy atom. The SMILES string of the molecule is F.O1[SiH2]O[SiH2]O[SiH2]1. The molecule has 7 heavy (non-hydrogen) atoms. The third-order valence-electron chi connectivity index (χ3n) is 0.500. The molecule has 0 aromatic rings. The van der Waals surface area contributed by atoms with Crippen molar-refractivity contribution in [3.05, 3.63) is 0 Å². The van der Waals surface area contributed by atoms with Crippen molar-refractivity contribution >= 4 is 30.0 Å². The van der Waals surface area contributed by atoms with Crippen LogP contribution < -0.4 is 0 Å². The molecule has 0 amide bonds. The maximum Gasteiger partial charge on any atom is 0.286 e. The highest BCUT2D eigenvalue weighted by atomic mass is 28.4. The van der Waals surface area contributed by atoms with Gasteiger partial charge in [-0.15, -0.1) is 0 Å². The first-order valence-electron chi connectivity index (χ1n) is 1.73. The summed E-state index contributed by atoms with van der Waals surface area (Å²) in [5.41, 5.74) is 0. The normalized spacial score (nSPS) is 30.9. The van der Waals surface area contributed by atoms with Crippen LogP contribution in [0.15, 0.2) is 0 Å². The first kappa shape index (κ1) is 7.46. The Morgan fingerprint density at radius 2 is 1.00 bits per heavy atom. The lowest BCUT2D eigenvalue weighted by Gasteiger charge is -2.10. The predicted molar refractivity (Wildman–Crippen MR) is 31.4 cm³/mol. The van der Waals surface area contributed by atoms with Crippen molar-refractivity contribution in [2.45, 2.75) is 0 Å². The van der Waals surface area contributed by atoms with Crippen molar-refractivity contribution in [1.29, 1.82) is 0 Å². The highest BCUT2D eigenvalue weighted by molar-refractivity contribution is 6.50. The van der Waals surface area contributed by atoms with Gasteiger partial charge in [-0.05, 0) is 0 Å². The lowest BCUT2D eigenvalue weighted by atomic mass is 15.7. The van der Waals surface area contributed by atoms with Crippen LogP contribution in [0.25, 0.3) is 0 Å². The standard InChI is InChI=1S/FH.H6O3Si3/c;1-4-2-6-3-5-1/h1H;4-6H2. The Labute approximate surface area is 47.9 Å². The summed E-state index contributed by atoms with van der Waals surface area (Å²) >= 11 is 0. The second kappa shape index (κ2) is 4.62. The zero-order chi connectivity index (χ0) is 4.24. The second-order valence-electron chi connectivity index (χ2n) is 0.966. The molecule has 1 aliphatic heterocycles. The van der Waals surface area contributed by atoms with Crippen LogP contribution in [0.1, 0.15) is 0 Å². The minimum absolute atomic E-state index is 0. The van der Waals surface area contributed by atoms with Gasteiger partial charge in [0.25, 0.3) is 30.0 Å². The molecule has 0 aliphatic carbocycles. The lowest BCUT2D eigenvalue weighted by Crippen LogP contribution is -2.23. The third kappa shape index (κ3) is 3.08. The van der Waals surface area contributed by atoms with E-state index >= 15 is 0 Å². The van der Waals surface area contributed by atoms with Gasteiger partial charge in [0.2, 0.25) is 0 Å². The molecule has 0 aromatic heterocycles. The Bertz CT molecular complexity index is 25.7. The van der Waals surface area contributed by atoms with Crippen molar-refractivity contribution in [3.8, 4) is 0 Å². The monoisotopic (exact) mass is 158 g/mol. The molecule has 0 N–H and O–H groups in total. The lowest BCUT2D eigenvalue weighted by molar-refractivity contribution is 0.347. The van der Waals surface area contributed by atoms with Crippen molar-refractivity contribution in [2.75, 3.05) is 0 Å². The van der Waals surface area contributed by atoms with E-state index in [1.54, 1.807) is 0 Å². The van der Waals surface area contributed by atoms with E-state index in [1.165, 1.54) is 0 Å². The molecule has 0 unspecified atom stereocenters. The van der Waals surface area contributed by atoms with Crippen molar-refractivity contribution in [3.63, 3.8) is 0 Å². The molecule has 1 saturated heterocycles. The Morgan fingerprint density at radius 3 is 1.14 bits per heavy atom. The van der Waals surface area contributed by atoms with Gasteiger partial charge >= 0.3 is 0 Å². The molecule has 0 bridgehead atoms. The van der Waals surface area contributed by atoms with Crippen LogP contribution in [-0.4, -0.2) is 30.0 Å². The van der Waals surface area contributed by atoms with Gasteiger partial charge in [0.05, 0.1) is 0 Å². The minimum atomic E-state index is -0.493. The van der Waals surface area contributed by atoms with Gasteiger partial charge in [-0.2, -0.15) is 0 Å². The first-order valence-corrected chi connectivity index (χ1v) is 5.20. The molecule has 0 radical (unpaired) electrons. The van der Waals surface area contributed by atoms with E-state index in [-0.39, 0.29) is 4.70 Å². The molecule has 0 atom stereocenters. The third-order valence-corrected chi connectivity index (χ3v) is 4.50. The van der Waals surface area contributed by atoms with Crippen molar-refractivity contribution < 1.29 is 17.0 Å². The van der Waals surface area contributed by atoms with Crippen LogP contribution in [0.2, 0.25) is 0 Å². The molecule has 1 rings (SSSR count). The first-order chi connectivity index (χ1) is 3.00. The summed E-state index contributed by atoms with van der Waals surface area (Å²) < 4.78 is 14.8. The average Bonchev–Trinajstić information content (AvgIpc) is 1.72. The summed E-state index contributed by atoms with van der Waals surface area (Å²) in [5, 5.41) is 0. The molecule has 3 nitrogen and oxygen atoms in total. The number of halogens is 1. The molecule has 1 heterocycles. The molecule has 44 valence electrons. The molecule has 7 heteroatoms. The van der Waals surface area contributed by atoms with Gasteiger partial charge in [-0.3, -0.25) is 4.70 Å². The number of hydrogen-bond donors (Lipinski definition) is 0. The van der Waals surface area contributed by atoms with E-state index in [0.29, 0.717) is 0 Å². The molecule has 1 fully saturated rings. The number of rotatable bonds is 0. The maximum atomic E-state index is 4.94. The zero-order valence-corrected chi connectivity index (χ0v) is 8.00. The minimum Gasteiger partial charge on any atom is -0.425 e. The van der Waals surface area contributed by atoms with E-state index in [2.05, 4.69) is 0 Å². The molecule has 1 aliphatic rings. The van der Waals surface area contributed by atoms with E-state index in [1.807, 2.05) is 0 Å². The summed E-state index contributed by atoms with van der Waals surface area (Å²) in [4.78, 5) is 0. The fraction of sp³-hybridized carbons (Fsp3) is 0. The Kier molecular flexibility index (Phi) is 4.92. The zero-order valence-electron chi connectivity index (χ0n) is 3.75. The largest absolute Gasteiger partial charge is 0.425 e. The summed E-state index contributed by atoms with van der Waals surface area (Å²) in [6.45, 7) is 0. The fourth-order valence-electron chi connectivity index (χ4n) is 0.279. The molecule has 0 saturated carbocycles. The van der Waals surface area contributed by atoms with Gasteiger partial charge in [0.15, 0.2) is 0 Å². The molecule has 0 aromatic carbocycles. The topological polar surface area (TPSA) is 27.7 Å². The van der Waals surface area contributed by atoms with E-state index in [0.717, 1.165) is 0 Å². The average molecular weight is 158 g/mol. The van der Waals surface area contributed by atoms with Gasteiger partial charge < -0.3 is 12.3 Å². The highest BCUT2D eigenvalue weighted by Gasteiger charge is 1.96. The van der Waals surface area contributed by atoms with Crippen molar-refractivity contribution in [1.82, 2.24) is 0 Å². The fourth-order valence-corrected chi connectivity index (χ4v) is 5.69. The summed E-state index contributed by atoms with van der Waals surface area (Å²) in [5.74, 6) is 0. The van der Waals surface area contributed by atoms with E-state index < -0.39 is 30.0 Å². The van der Waals surface area contributed by atoms with E-state index in [4.69, 9.17) is 12.3 Å². The van der Waals surface area contributed by atoms with Gasteiger partial charge in [-0.1, -0.05) is 0 Å². The van der Waals surface area contributed by atoms with Gasteiger partial charge in [0, 0.05) is 0 Å². The number of hydrogen-bond acceptors (Lipinski definition) is 3. The van der Waals surface area contributed by atoms with Crippen LogP contribution in [0.4, 0.5) is 4.70 Å². The van der Waals surface area contributed by atoms with Crippen LogP contribution in [0.3, 0.4) is 0 Å². The summed E-state index contributed by atoms with van der Waals surface area (Å²) in [6.07, 6.45) is 0. The molecule has 0 spiro atoms. The van der Waals surface area contributed by atoms with Crippen LogP contribution >= 0.6 is 0 Å². The summed E-state index contributed by atoms with van der Waals surface area (Å²) in [7, 11) is -1.48. The van der Waals surface area contributed by atoms with E-state index in [9.17, 15) is 0 Å². The molecular weight excluding hydrogens is 151 g/mol. The van der Waals surface area contributed by atoms with Crippen molar-refractivity contribution in [2.24, 2.45) is 0 Å². The summed E-state index contributed by atoms with van der Waals surface area (Å²) in [6, 6.07) is 0. The van der Waals surface area contributed by atoms with Crippen LogP contribution in [0.5, 0.6) is 0 Å². The maximum absolute atomic E-state index is 4.94. The molecular formula is H7FO3Si3. The Hall–Kier alpha value is 0.461. The second-order valence-corrected chi connectivity index (χ2v) is 6.57.